The van der Waals surface area contributed by atoms with Crippen LogP contribution in [0.1, 0.15) is 18.1 Å². The molecule has 2 atom stereocenters. The predicted octanol–water partition coefficient (Wildman–Crippen LogP) is 1.24. The van der Waals surface area contributed by atoms with Crippen molar-refractivity contribution in [2.24, 2.45) is 5.73 Å². The largest absolute Gasteiger partial charge is 0.369 e. The molecular formula is C13H20N2O2S. The van der Waals surface area contributed by atoms with Crippen LogP contribution in [0, 0.1) is 13.8 Å². The summed E-state index contributed by atoms with van der Waals surface area (Å²) in [4.78, 5) is 2.46. The fourth-order valence-electron chi connectivity index (χ4n) is 2.79. The summed E-state index contributed by atoms with van der Waals surface area (Å²) in [7, 11) is -1.39. The van der Waals surface area contributed by atoms with Gasteiger partial charge in [-0.15, -0.1) is 0 Å². The molecule has 2 unspecified atom stereocenters. The third-order valence-electron chi connectivity index (χ3n) is 3.85. The van der Waals surface area contributed by atoms with Gasteiger partial charge in [0.05, 0.1) is 15.8 Å². The van der Waals surface area contributed by atoms with Crippen molar-refractivity contribution < 1.29 is 8.42 Å². The van der Waals surface area contributed by atoms with Crippen molar-refractivity contribution in [3.05, 3.63) is 23.3 Å². The number of nitrogens with two attached hydrogens (primary N) is 1. The number of hydrogen-bond donors (Lipinski definition) is 1. The lowest BCUT2D eigenvalue weighted by Gasteiger charge is -2.40. The highest BCUT2D eigenvalue weighted by atomic mass is 32.2. The second kappa shape index (κ2) is 4.24. The van der Waals surface area contributed by atoms with Gasteiger partial charge in [-0.25, -0.2) is 8.42 Å². The molecule has 0 spiro atoms. The monoisotopic (exact) mass is 268 g/mol. The van der Waals surface area contributed by atoms with E-state index in [1.807, 2.05) is 38.8 Å². The molecule has 1 heterocycles. The van der Waals surface area contributed by atoms with Gasteiger partial charge >= 0.3 is 0 Å². The first-order valence-corrected chi connectivity index (χ1v) is 7.63. The molecule has 0 fully saturated rings. The van der Waals surface area contributed by atoms with E-state index in [0.717, 1.165) is 16.8 Å². The van der Waals surface area contributed by atoms with Gasteiger partial charge in [0.1, 0.15) is 0 Å². The predicted molar refractivity (Wildman–Crippen MR) is 73.8 cm³/mol. The zero-order chi connectivity index (χ0) is 13.7. The SMILES string of the molecule is Cc1cc(C)c2c(c1)S(=O)(=O)C(CN)C(C)N2C. The van der Waals surface area contributed by atoms with E-state index in [9.17, 15) is 8.42 Å². The molecule has 1 aliphatic rings. The van der Waals surface area contributed by atoms with E-state index in [-0.39, 0.29) is 12.6 Å². The second-order valence-corrected chi connectivity index (χ2v) is 7.23. The van der Waals surface area contributed by atoms with Gasteiger partial charge in [0.15, 0.2) is 9.84 Å². The van der Waals surface area contributed by atoms with Gasteiger partial charge in [-0.05, 0) is 38.0 Å². The molecule has 0 aliphatic carbocycles. The number of sulfone groups is 1. The maximum Gasteiger partial charge on any atom is 0.186 e. The van der Waals surface area contributed by atoms with E-state index in [2.05, 4.69) is 0 Å². The first kappa shape index (κ1) is 13.4. The molecule has 5 heteroatoms. The van der Waals surface area contributed by atoms with Crippen LogP contribution in [0.2, 0.25) is 0 Å². The van der Waals surface area contributed by atoms with Crippen LogP contribution in [-0.2, 0) is 9.84 Å². The third-order valence-corrected chi connectivity index (χ3v) is 6.16. The van der Waals surface area contributed by atoms with Crippen molar-refractivity contribution in [3.8, 4) is 0 Å². The van der Waals surface area contributed by atoms with Crippen molar-refractivity contribution in [1.29, 1.82) is 0 Å². The number of fused-ring (bicyclic) bond motifs is 1. The van der Waals surface area contributed by atoms with E-state index in [4.69, 9.17) is 5.73 Å². The van der Waals surface area contributed by atoms with Crippen LogP contribution in [0.15, 0.2) is 17.0 Å². The van der Waals surface area contributed by atoms with Crippen molar-refractivity contribution in [2.75, 3.05) is 18.5 Å². The summed E-state index contributed by atoms with van der Waals surface area (Å²) in [6.45, 7) is 5.93. The molecule has 0 bridgehead atoms. The summed E-state index contributed by atoms with van der Waals surface area (Å²) < 4.78 is 25.2. The van der Waals surface area contributed by atoms with E-state index in [1.165, 1.54) is 0 Å². The molecule has 1 aliphatic heterocycles. The molecule has 0 saturated carbocycles. The van der Waals surface area contributed by atoms with Gasteiger partial charge in [0, 0.05) is 19.6 Å². The van der Waals surface area contributed by atoms with E-state index >= 15 is 0 Å². The lowest BCUT2D eigenvalue weighted by atomic mass is 10.1. The Labute approximate surface area is 109 Å². The van der Waals surface area contributed by atoms with Crippen LogP contribution < -0.4 is 10.6 Å². The average molecular weight is 268 g/mol. The molecule has 0 amide bonds. The molecule has 0 saturated heterocycles. The number of hydrogen-bond acceptors (Lipinski definition) is 4. The first-order chi connectivity index (χ1) is 8.30. The van der Waals surface area contributed by atoms with Gasteiger partial charge in [-0.2, -0.15) is 0 Å². The highest BCUT2D eigenvalue weighted by Gasteiger charge is 2.41. The molecule has 2 rings (SSSR count). The summed E-state index contributed by atoms with van der Waals surface area (Å²) in [6, 6.07) is 3.66. The van der Waals surface area contributed by atoms with Gasteiger partial charge in [0.25, 0.3) is 0 Å². The molecule has 2 N–H and O–H groups in total. The lowest BCUT2D eigenvalue weighted by molar-refractivity contribution is 0.538. The smallest absolute Gasteiger partial charge is 0.186 e. The Bertz CT molecular complexity index is 581. The Balaban J connectivity index is 2.79. The van der Waals surface area contributed by atoms with Gasteiger partial charge < -0.3 is 10.6 Å². The topological polar surface area (TPSA) is 63.4 Å². The summed E-state index contributed by atoms with van der Waals surface area (Å²) in [5.74, 6) is 0. The van der Waals surface area contributed by atoms with Crippen LogP contribution in [0.4, 0.5) is 5.69 Å². The van der Waals surface area contributed by atoms with Gasteiger partial charge in [-0.1, -0.05) is 6.07 Å². The van der Waals surface area contributed by atoms with E-state index < -0.39 is 15.1 Å². The van der Waals surface area contributed by atoms with Crippen LogP contribution >= 0.6 is 0 Å². The van der Waals surface area contributed by atoms with Crippen LogP contribution in [0.25, 0.3) is 0 Å². The molecular weight excluding hydrogens is 248 g/mol. The summed E-state index contributed by atoms with van der Waals surface area (Å²) in [6.07, 6.45) is 0. The third kappa shape index (κ3) is 1.73. The molecule has 1 aromatic rings. The zero-order valence-electron chi connectivity index (χ0n) is 11.3. The molecule has 4 nitrogen and oxygen atoms in total. The number of aryl methyl sites for hydroxylation is 2. The van der Waals surface area contributed by atoms with E-state index in [1.54, 1.807) is 6.07 Å². The van der Waals surface area contributed by atoms with Crippen molar-refractivity contribution in [1.82, 2.24) is 0 Å². The Kier molecular flexibility index (Phi) is 3.15. The van der Waals surface area contributed by atoms with Crippen molar-refractivity contribution in [3.63, 3.8) is 0 Å². The zero-order valence-corrected chi connectivity index (χ0v) is 12.1. The lowest BCUT2D eigenvalue weighted by Crippen LogP contribution is -2.51. The molecule has 1 aromatic carbocycles. The Morgan fingerprint density at radius 1 is 1.33 bits per heavy atom. The summed E-state index contributed by atoms with van der Waals surface area (Å²) in [5.41, 5.74) is 8.44. The second-order valence-electron chi connectivity index (χ2n) is 5.10. The quantitative estimate of drug-likeness (QED) is 0.832. The Morgan fingerprint density at radius 2 is 1.94 bits per heavy atom. The summed E-state index contributed by atoms with van der Waals surface area (Å²) >= 11 is 0. The average Bonchev–Trinajstić information content (AvgIpc) is 2.26. The number of benzene rings is 1. The minimum absolute atomic E-state index is 0.103. The number of anilines is 1. The fourth-order valence-corrected chi connectivity index (χ4v) is 4.99. The minimum atomic E-state index is -3.33. The molecule has 18 heavy (non-hydrogen) atoms. The van der Waals surface area contributed by atoms with Crippen molar-refractivity contribution in [2.45, 2.75) is 37.0 Å². The number of nitrogens with zero attached hydrogens (tertiary/aromatic N) is 1. The number of rotatable bonds is 1. The standard InChI is InChI=1S/C13H20N2O2S/c1-8-5-9(2)13-11(6-8)18(16,17)12(7-14)10(3)15(13)4/h5-6,10,12H,7,14H2,1-4H3. The van der Waals surface area contributed by atoms with Gasteiger partial charge in [0.2, 0.25) is 0 Å². The van der Waals surface area contributed by atoms with Gasteiger partial charge in [-0.3, -0.25) is 0 Å². The highest BCUT2D eigenvalue weighted by molar-refractivity contribution is 7.92. The van der Waals surface area contributed by atoms with Crippen LogP contribution in [0.3, 0.4) is 0 Å². The minimum Gasteiger partial charge on any atom is -0.369 e. The van der Waals surface area contributed by atoms with Crippen LogP contribution in [-0.4, -0.2) is 33.3 Å². The maximum absolute atomic E-state index is 12.6. The molecule has 0 radical (unpaired) electrons. The normalized spacial score (nSPS) is 25.9. The van der Waals surface area contributed by atoms with Crippen molar-refractivity contribution >= 4 is 15.5 Å². The molecule has 100 valence electrons. The maximum atomic E-state index is 12.6. The fraction of sp³-hybridized carbons (Fsp3) is 0.538. The van der Waals surface area contributed by atoms with Crippen LogP contribution in [0.5, 0.6) is 0 Å². The highest BCUT2D eigenvalue weighted by Crippen LogP contribution is 2.38. The summed E-state index contributed by atoms with van der Waals surface area (Å²) in [5, 5.41) is -0.531. The first-order valence-electron chi connectivity index (χ1n) is 6.08. The van der Waals surface area contributed by atoms with E-state index in [0.29, 0.717) is 4.90 Å². The Hall–Kier alpha value is -1.07. The Morgan fingerprint density at radius 3 is 2.50 bits per heavy atom. The molecule has 0 aromatic heterocycles.